The van der Waals surface area contributed by atoms with Crippen LogP contribution in [0.2, 0.25) is 0 Å². The molecule has 0 spiro atoms. The van der Waals surface area contributed by atoms with E-state index in [0.717, 1.165) is 10.0 Å². The van der Waals surface area contributed by atoms with Gasteiger partial charge in [0.15, 0.2) is 0 Å². The van der Waals surface area contributed by atoms with Gasteiger partial charge >= 0.3 is 0 Å². The average molecular weight is 354 g/mol. The van der Waals surface area contributed by atoms with E-state index in [2.05, 4.69) is 33.9 Å². The van der Waals surface area contributed by atoms with Crippen molar-refractivity contribution in [2.75, 3.05) is 0 Å². The summed E-state index contributed by atoms with van der Waals surface area (Å²) in [5.74, 6) is -0.503. The summed E-state index contributed by atoms with van der Waals surface area (Å²) < 4.78 is 13.7. The lowest BCUT2D eigenvalue weighted by molar-refractivity contribution is 0.0937. The molecule has 0 aromatic heterocycles. The Labute approximate surface area is 130 Å². The van der Waals surface area contributed by atoms with E-state index in [9.17, 15) is 9.18 Å². The third kappa shape index (κ3) is 3.61. The maximum Gasteiger partial charge on any atom is 0.252 e. The number of carbonyl (C=O) groups is 1. The van der Waals surface area contributed by atoms with Crippen molar-refractivity contribution < 1.29 is 9.18 Å². The van der Waals surface area contributed by atoms with Crippen LogP contribution in [0.3, 0.4) is 0 Å². The number of rotatable bonds is 3. The molecule has 2 aromatic carbocycles. The first-order valence-corrected chi connectivity index (χ1v) is 7.26. The molecule has 0 bridgehead atoms. The van der Waals surface area contributed by atoms with E-state index < -0.39 is 0 Å². The van der Waals surface area contributed by atoms with Crippen molar-refractivity contribution in [2.45, 2.75) is 17.9 Å². The Hall–Kier alpha value is -1.33. The highest BCUT2D eigenvalue weighted by molar-refractivity contribution is 9.10. The van der Waals surface area contributed by atoms with Gasteiger partial charge in [-0.2, -0.15) is 0 Å². The first kappa shape index (κ1) is 15.1. The van der Waals surface area contributed by atoms with Crippen LogP contribution in [0, 0.1) is 5.82 Å². The Balaban J connectivity index is 2.13. The fourth-order valence-electron chi connectivity index (χ4n) is 1.81. The Morgan fingerprint density at radius 2 is 1.90 bits per heavy atom. The molecule has 20 heavy (non-hydrogen) atoms. The number of carbonyl (C=O) groups excluding carboxylic acids is 1. The molecule has 0 aliphatic rings. The lowest BCUT2D eigenvalue weighted by atomic mass is 10.1. The topological polar surface area (TPSA) is 29.1 Å². The van der Waals surface area contributed by atoms with Crippen molar-refractivity contribution in [1.29, 1.82) is 0 Å². The van der Waals surface area contributed by atoms with Crippen molar-refractivity contribution in [3.8, 4) is 0 Å². The summed E-state index contributed by atoms with van der Waals surface area (Å²) in [7, 11) is 0. The van der Waals surface area contributed by atoms with E-state index in [1.54, 1.807) is 30.3 Å². The predicted octanol–water partition coefficient (Wildman–Crippen LogP) is 4.37. The van der Waals surface area contributed by atoms with Crippen molar-refractivity contribution in [3.05, 3.63) is 63.9 Å². The number of hydrogen-bond acceptors (Lipinski definition) is 2. The molecular formula is C15H13BrFNOS. The lowest BCUT2D eigenvalue weighted by Gasteiger charge is -2.15. The molecule has 2 nitrogen and oxygen atoms in total. The second-order valence-corrected chi connectivity index (χ2v) is 5.81. The molecule has 1 N–H and O–H groups in total. The Morgan fingerprint density at radius 1 is 1.25 bits per heavy atom. The number of benzene rings is 2. The van der Waals surface area contributed by atoms with Gasteiger partial charge in [0.05, 0.1) is 11.6 Å². The number of halogens is 2. The highest BCUT2D eigenvalue weighted by atomic mass is 79.9. The summed E-state index contributed by atoms with van der Waals surface area (Å²) in [6.07, 6.45) is 0. The molecule has 1 amide bonds. The molecule has 0 heterocycles. The lowest BCUT2D eigenvalue weighted by Crippen LogP contribution is -2.27. The van der Waals surface area contributed by atoms with Gasteiger partial charge in [-0.05, 0) is 42.8 Å². The van der Waals surface area contributed by atoms with Gasteiger partial charge in [0.1, 0.15) is 5.82 Å². The molecule has 5 heteroatoms. The predicted molar refractivity (Wildman–Crippen MR) is 83.7 cm³/mol. The van der Waals surface area contributed by atoms with Crippen molar-refractivity contribution in [1.82, 2.24) is 5.32 Å². The van der Waals surface area contributed by atoms with E-state index in [-0.39, 0.29) is 17.8 Å². The van der Waals surface area contributed by atoms with Crippen LogP contribution in [-0.2, 0) is 0 Å². The molecule has 0 aliphatic carbocycles. The summed E-state index contributed by atoms with van der Waals surface area (Å²) >= 11 is 7.61. The second-order valence-electron chi connectivity index (χ2n) is 4.41. The first-order chi connectivity index (χ1) is 9.47. The standard InChI is InChI=1S/C15H13BrFNOS/c1-9(10-2-5-12(17)6-3-10)18-15(19)13-7-4-11(16)8-14(13)20/h2-9,20H,1H3,(H,18,19). The van der Waals surface area contributed by atoms with Crippen molar-refractivity contribution >= 4 is 34.5 Å². The summed E-state index contributed by atoms with van der Waals surface area (Å²) in [5.41, 5.74) is 1.35. The van der Waals surface area contributed by atoms with E-state index in [0.29, 0.717) is 10.5 Å². The molecule has 2 rings (SSSR count). The van der Waals surface area contributed by atoms with Gasteiger partial charge in [-0.15, -0.1) is 12.6 Å². The van der Waals surface area contributed by atoms with Crippen molar-refractivity contribution in [2.24, 2.45) is 0 Å². The van der Waals surface area contributed by atoms with Crippen LogP contribution < -0.4 is 5.32 Å². The van der Waals surface area contributed by atoms with E-state index >= 15 is 0 Å². The minimum atomic E-state index is -0.294. The van der Waals surface area contributed by atoms with Crippen LogP contribution in [0.1, 0.15) is 28.9 Å². The second kappa shape index (κ2) is 6.41. The molecule has 104 valence electrons. The number of nitrogens with one attached hydrogen (secondary N) is 1. The van der Waals surface area contributed by atoms with Crippen LogP contribution >= 0.6 is 28.6 Å². The van der Waals surface area contributed by atoms with Crippen LogP contribution in [0.5, 0.6) is 0 Å². The third-order valence-electron chi connectivity index (χ3n) is 2.92. The number of hydrogen-bond donors (Lipinski definition) is 2. The Bertz CT molecular complexity index is 630. The van der Waals surface area contributed by atoms with E-state index in [4.69, 9.17) is 0 Å². The van der Waals surface area contributed by atoms with Gasteiger partial charge in [-0.3, -0.25) is 4.79 Å². The van der Waals surface area contributed by atoms with Gasteiger partial charge in [0.25, 0.3) is 5.91 Å². The third-order valence-corrected chi connectivity index (χ3v) is 3.79. The molecule has 0 aliphatic heterocycles. The molecule has 0 fully saturated rings. The molecule has 1 unspecified atom stereocenters. The fourth-order valence-corrected chi connectivity index (χ4v) is 2.66. The fraction of sp³-hybridized carbons (Fsp3) is 0.133. The van der Waals surface area contributed by atoms with Gasteiger partial charge in [-0.1, -0.05) is 28.1 Å². The van der Waals surface area contributed by atoms with Crippen LogP contribution in [-0.4, -0.2) is 5.91 Å². The summed E-state index contributed by atoms with van der Waals surface area (Å²) in [4.78, 5) is 12.8. The Kier molecular flexibility index (Phi) is 4.83. The highest BCUT2D eigenvalue weighted by Crippen LogP contribution is 2.21. The molecular weight excluding hydrogens is 341 g/mol. The van der Waals surface area contributed by atoms with Crippen molar-refractivity contribution in [3.63, 3.8) is 0 Å². The average Bonchev–Trinajstić information content (AvgIpc) is 2.39. The van der Waals surface area contributed by atoms with E-state index in [1.807, 2.05) is 6.92 Å². The van der Waals surface area contributed by atoms with Gasteiger partial charge < -0.3 is 5.32 Å². The number of thiol groups is 1. The zero-order valence-corrected chi connectivity index (χ0v) is 13.2. The van der Waals surface area contributed by atoms with Gasteiger partial charge in [0.2, 0.25) is 0 Å². The maximum absolute atomic E-state index is 12.9. The minimum absolute atomic E-state index is 0.209. The van der Waals surface area contributed by atoms with E-state index in [1.165, 1.54) is 12.1 Å². The van der Waals surface area contributed by atoms with Gasteiger partial charge in [0, 0.05) is 9.37 Å². The monoisotopic (exact) mass is 353 g/mol. The summed E-state index contributed by atoms with van der Waals surface area (Å²) in [5, 5.41) is 2.87. The smallest absolute Gasteiger partial charge is 0.252 e. The minimum Gasteiger partial charge on any atom is -0.345 e. The SMILES string of the molecule is CC(NC(=O)c1ccc(Br)cc1S)c1ccc(F)cc1. The largest absolute Gasteiger partial charge is 0.345 e. The Morgan fingerprint density at radius 3 is 2.50 bits per heavy atom. The summed E-state index contributed by atoms with van der Waals surface area (Å²) in [6.45, 7) is 1.85. The zero-order chi connectivity index (χ0) is 14.7. The molecule has 0 saturated heterocycles. The summed E-state index contributed by atoms with van der Waals surface area (Å²) in [6, 6.07) is 11.1. The van der Waals surface area contributed by atoms with Crippen LogP contribution in [0.4, 0.5) is 4.39 Å². The quantitative estimate of drug-likeness (QED) is 0.788. The van der Waals surface area contributed by atoms with Crippen LogP contribution in [0.15, 0.2) is 51.8 Å². The number of amides is 1. The van der Waals surface area contributed by atoms with Crippen LogP contribution in [0.25, 0.3) is 0 Å². The molecule has 1 atom stereocenters. The normalized spacial score (nSPS) is 12.0. The molecule has 2 aromatic rings. The molecule has 0 radical (unpaired) electrons. The zero-order valence-electron chi connectivity index (χ0n) is 10.7. The highest BCUT2D eigenvalue weighted by Gasteiger charge is 2.13. The van der Waals surface area contributed by atoms with Gasteiger partial charge in [-0.25, -0.2) is 4.39 Å². The first-order valence-electron chi connectivity index (χ1n) is 6.02. The maximum atomic E-state index is 12.9. The molecule has 0 saturated carbocycles.